The molecule has 0 aliphatic carbocycles. The number of rotatable bonds is 3. The molecule has 0 aromatic rings. The molecule has 14 heavy (non-hydrogen) atoms. The lowest BCUT2D eigenvalue weighted by Crippen LogP contribution is -2.68. The lowest BCUT2D eigenvalue weighted by Gasteiger charge is -2.47. The Morgan fingerprint density at radius 1 is 1.57 bits per heavy atom. The third kappa shape index (κ3) is 2.61. The smallest absolute Gasteiger partial charge is 0.410 e. The van der Waals surface area contributed by atoms with Gasteiger partial charge < -0.3 is 15.4 Å². The van der Waals surface area contributed by atoms with Crippen LogP contribution in [0.15, 0.2) is 0 Å². The highest BCUT2D eigenvalue weighted by Crippen LogP contribution is 2.23. The van der Waals surface area contributed by atoms with E-state index in [1.807, 2.05) is 13.8 Å². The van der Waals surface area contributed by atoms with Crippen molar-refractivity contribution >= 4 is 6.09 Å². The molecular weight excluding hydrogens is 180 g/mol. The second kappa shape index (κ2) is 4.17. The highest BCUT2D eigenvalue weighted by molar-refractivity contribution is 5.69. The lowest BCUT2D eigenvalue weighted by atomic mass is 9.87. The van der Waals surface area contributed by atoms with Crippen LogP contribution in [-0.4, -0.2) is 35.7 Å². The molecule has 4 heteroatoms. The first kappa shape index (κ1) is 11.3. The Kier molecular flexibility index (Phi) is 3.37. The molecule has 1 fully saturated rings. The molecule has 82 valence electrons. The molecule has 0 radical (unpaired) electrons. The first-order valence-corrected chi connectivity index (χ1v) is 5.21. The molecule has 1 saturated heterocycles. The maximum Gasteiger partial charge on any atom is 0.410 e. The maximum absolute atomic E-state index is 11.4. The summed E-state index contributed by atoms with van der Waals surface area (Å²) < 4.78 is 5.06. The number of nitrogens with two attached hydrogens (primary N) is 1. The van der Waals surface area contributed by atoms with Gasteiger partial charge in [-0.3, -0.25) is 0 Å². The summed E-state index contributed by atoms with van der Waals surface area (Å²) in [5.41, 5.74) is 5.86. The van der Waals surface area contributed by atoms with Crippen molar-refractivity contribution in [3.63, 3.8) is 0 Å². The zero-order valence-electron chi connectivity index (χ0n) is 9.25. The normalized spacial score (nSPS) is 19.4. The average Bonchev–Trinajstić information content (AvgIpc) is 1.98. The molecule has 1 heterocycles. The summed E-state index contributed by atoms with van der Waals surface area (Å²) in [5.74, 6) is 0. The molecule has 0 aromatic heterocycles. The van der Waals surface area contributed by atoms with Gasteiger partial charge in [0.2, 0.25) is 0 Å². The number of amides is 1. The standard InChI is InChI=1S/C10H20N2O2/c1-4-5-10(11)6-12(7-10)9(13)14-8(2)3/h8H,4-7,11H2,1-3H3. The van der Waals surface area contributed by atoms with E-state index in [9.17, 15) is 4.79 Å². The van der Waals surface area contributed by atoms with Crippen molar-refractivity contribution in [3.8, 4) is 0 Å². The molecule has 1 aliphatic rings. The summed E-state index contributed by atoms with van der Waals surface area (Å²) in [6.45, 7) is 7.06. The first-order chi connectivity index (χ1) is 6.47. The molecule has 0 spiro atoms. The van der Waals surface area contributed by atoms with Crippen LogP contribution in [0.5, 0.6) is 0 Å². The van der Waals surface area contributed by atoms with E-state index in [0.29, 0.717) is 13.1 Å². The van der Waals surface area contributed by atoms with E-state index in [1.165, 1.54) is 0 Å². The second-order valence-electron chi connectivity index (χ2n) is 4.40. The molecule has 0 atom stereocenters. The van der Waals surface area contributed by atoms with Gasteiger partial charge in [0, 0.05) is 13.1 Å². The van der Waals surface area contributed by atoms with E-state index in [1.54, 1.807) is 4.90 Å². The topological polar surface area (TPSA) is 55.6 Å². The Hall–Kier alpha value is -0.770. The molecule has 0 bridgehead atoms. The zero-order valence-corrected chi connectivity index (χ0v) is 9.25. The summed E-state index contributed by atoms with van der Waals surface area (Å²) >= 11 is 0. The quantitative estimate of drug-likeness (QED) is 0.748. The number of hydrogen-bond acceptors (Lipinski definition) is 3. The highest BCUT2D eigenvalue weighted by atomic mass is 16.6. The minimum Gasteiger partial charge on any atom is -0.447 e. The van der Waals surface area contributed by atoms with Gasteiger partial charge in [-0.15, -0.1) is 0 Å². The van der Waals surface area contributed by atoms with Gasteiger partial charge >= 0.3 is 6.09 Å². The highest BCUT2D eigenvalue weighted by Gasteiger charge is 2.41. The van der Waals surface area contributed by atoms with Crippen LogP contribution in [-0.2, 0) is 4.74 Å². The van der Waals surface area contributed by atoms with Crippen LogP contribution in [0.25, 0.3) is 0 Å². The molecule has 0 unspecified atom stereocenters. The Bertz CT molecular complexity index is 210. The van der Waals surface area contributed by atoms with Crippen molar-refractivity contribution in [1.29, 1.82) is 0 Å². The molecule has 0 saturated carbocycles. The Balaban J connectivity index is 2.29. The van der Waals surface area contributed by atoms with Crippen LogP contribution in [0.1, 0.15) is 33.6 Å². The van der Waals surface area contributed by atoms with Gasteiger partial charge in [-0.25, -0.2) is 4.79 Å². The van der Waals surface area contributed by atoms with Crippen molar-refractivity contribution in [2.45, 2.75) is 45.3 Å². The number of ether oxygens (including phenoxy) is 1. The predicted octanol–water partition coefficient (Wildman–Crippen LogP) is 1.34. The van der Waals surface area contributed by atoms with Gasteiger partial charge in [0.1, 0.15) is 0 Å². The zero-order chi connectivity index (χ0) is 10.8. The predicted molar refractivity (Wildman–Crippen MR) is 55.0 cm³/mol. The van der Waals surface area contributed by atoms with Crippen molar-refractivity contribution in [3.05, 3.63) is 0 Å². The fraction of sp³-hybridized carbons (Fsp3) is 0.900. The SMILES string of the molecule is CCCC1(N)CN(C(=O)OC(C)C)C1. The minimum atomic E-state index is -0.239. The lowest BCUT2D eigenvalue weighted by molar-refractivity contribution is 0.0226. The van der Waals surface area contributed by atoms with Gasteiger partial charge in [-0.05, 0) is 20.3 Å². The third-order valence-corrected chi connectivity index (χ3v) is 2.35. The van der Waals surface area contributed by atoms with Crippen LogP contribution >= 0.6 is 0 Å². The van der Waals surface area contributed by atoms with E-state index in [-0.39, 0.29) is 17.7 Å². The van der Waals surface area contributed by atoms with Crippen molar-refractivity contribution in [1.82, 2.24) is 4.90 Å². The molecular formula is C10H20N2O2. The minimum absolute atomic E-state index is 0.0542. The van der Waals surface area contributed by atoms with Crippen LogP contribution in [0.2, 0.25) is 0 Å². The fourth-order valence-electron chi connectivity index (χ4n) is 1.78. The summed E-state index contributed by atoms with van der Waals surface area (Å²) in [7, 11) is 0. The number of likely N-dealkylation sites (tertiary alicyclic amines) is 1. The molecule has 1 amide bonds. The first-order valence-electron chi connectivity index (χ1n) is 5.21. The van der Waals surface area contributed by atoms with E-state index < -0.39 is 0 Å². The van der Waals surface area contributed by atoms with Crippen molar-refractivity contribution < 1.29 is 9.53 Å². The molecule has 1 aliphatic heterocycles. The van der Waals surface area contributed by atoms with Gasteiger partial charge in [0.25, 0.3) is 0 Å². The second-order valence-corrected chi connectivity index (χ2v) is 4.40. The van der Waals surface area contributed by atoms with Gasteiger partial charge in [-0.1, -0.05) is 13.3 Å². The Morgan fingerprint density at radius 3 is 2.57 bits per heavy atom. The molecule has 2 N–H and O–H groups in total. The summed E-state index contributed by atoms with van der Waals surface area (Å²) in [6, 6.07) is 0. The number of carbonyl (C=O) groups excluding carboxylic acids is 1. The Morgan fingerprint density at radius 2 is 2.14 bits per heavy atom. The van der Waals surface area contributed by atoms with Crippen molar-refractivity contribution in [2.75, 3.05) is 13.1 Å². The summed E-state index contributed by atoms with van der Waals surface area (Å²) in [4.78, 5) is 13.0. The van der Waals surface area contributed by atoms with E-state index >= 15 is 0 Å². The Labute approximate surface area is 85.4 Å². The van der Waals surface area contributed by atoms with Crippen LogP contribution < -0.4 is 5.73 Å². The molecule has 0 aromatic carbocycles. The summed E-state index contributed by atoms with van der Waals surface area (Å²) in [5, 5.41) is 0. The number of carbonyl (C=O) groups is 1. The van der Waals surface area contributed by atoms with Gasteiger partial charge in [0.05, 0.1) is 11.6 Å². The van der Waals surface area contributed by atoms with Crippen molar-refractivity contribution in [2.24, 2.45) is 5.73 Å². The van der Waals surface area contributed by atoms with Crippen LogP contribution in [0, 0.1) is 0 Å². The monoisotopic (exact) mass is 200 g/mol. The number of hydrogen-bond donors (Lipinski definition) is 1. The van der Waals surface area contributed by atoms with E-state index in [2.05, 4.69) is 6.92 Å². The average molecular weight is 200 g/mol. The van der Waals surface area contributed by atoms with Crippen LogP contribution in [0.4, 0.5) is 4.79 Å². The fourth-order valence-corrected chi connectivity index (χ4v) is 1.78. The van der Waals surface area contributed by atoms with Gasteiger partial charge in [0.15, 0.2) is 0 Å². The maximum atomic E-state index is 11.4. The van der Waals surface area contributed by atoms with E-state index in [4.69, 9.17) is 10.5 Å². The molecule has 1 rings (SSSR count). The summed E-state index contributed by atoms with van der Waals surface area (Å²) in [6.07, 6.45) is 1.74. The number of nitrogens with zero attached hydrogens (tertiary/aromatic N) is 1. The van der Waals surface area contributed by atoms with E-state index in [0.717, 1.165) is 12.8 Å². The largest absolute Gasteiger partial charge is 0.447 e. The molecule has 4 nitrogen and oxygen atoms in total. The third-order valence-electron chi connectivity index (χ3n) is 2.35. The van der Waals surface area contributed by atoms with Gasteiger partial charge in [-0.2, -0.15) is 0 Å². The van der Waals surface area contributed by atoms with Crippen LogP contribution in [0.3, 0.4) is 0 Å².